The van der Waals surface area contributed by atoms with Gasteiger partial charge in [0.25, 0.3) is 5.91 Å². The van der Waals surface area contributed by atoms with Crippen LogP contribution >= 0.6 is 0 Å². The maximum atomic E-state index is 12.5. The Kier molecular flexibility index (Phi) is 5.41. The third-order valence-corrected chi connectivity index (χ3v) is 4.54. The molecule has 0 atom stereocenters. The molecule has 1 aliphatic heterocycles. The summed E-state index contributed by atoms with van der Waals surface area (Å²) in [6, 6.07) is 13.2. The van der Waals surface area contributed by atoms with Crippen LogP contribution in [-0.2, 0) is 17.8 Å². The van der Waals surface area contributed by atoms with Crippen molar-refractivity contribution < 1.29 is 19.1 Å². The Hall–Kier alpha value is -3.02. The number of fused-ring (bicyclic) bond motifs is 1. The number of carbonyl (C=O) groups excluding carboxylic acids is 2. The van der Waals surface area contributed by atoms with E-state index in [9.17, 15) is 9.59 Å². The van der Waals surface area contributed by atoms with Crippen LogP contribution in [0.15, 0.2) is 42.5 Å². The minimum Gasteiger partial charge on any atom is -0.496 e. The highest BCUT2D eigenvalue weighted by atomic mass is 16.5. The molecule has 0 bridgehead atoms. The Morgan fingerprint density at radius 2 is 1.65 bits per heavy atom. The number of nitrogens with zero attached hydrogens (tertiary/aromatic N) is 1. The molecule has 0 aromatic heterocycles. The maximum Gasteiger partial charge on any atom is 0.259 e. The minimum atomic E-state index is -0.398. The average molecular weight is 354 g/mol. The SMILES string of the molecule is COc1cccc(OC)c1C(=O)NCC(=O)N1CCc2ccccc2C1. The fraction of sp³-hybridized carbons (Fsp3) is 0.300. The Morgan fingerprint density at radius 3 is 2.31 bits per heavy atom. The monoisotopic (exact) mass is 354 g/mol. The van der Waals surface area contributed by atoms with Gasteiger partial charge in [0.15, 0.2) is 0 Å². The summed E-state index contributed by atoms with van der Waals surface area (Å²) in [6.45, 7) is 1.16. The standard InChI is InChI=1S/C20H22N2O4/c1-25-16-8-5-9-17(26-2)19(16)20(24)21-12-18(23)22-11-10-14-6-3-4-7-15(14)13-22/h3-9H,10-13H2,1-2H3,(H,21,24). The van der Waals surface area contributed by atoms with Crippen molar-refractivity contribution in [3.63, 3.8) is 0 Å². The molecular weight excluding hydrogens is 332 g/mol. The molecule has 1 heterocycles. The van der Waals surface area contributed by atoms with Gasteiger partial charge in [0.2, 0.25) is 5.91 Å². The van der Waals surface area contributed by atoms with Gasteiger partial charge in [-0.25, -0.2) is 0 Å². The lowest BCUT2D eigenvalue weighted by Crippen LogP contribution is -2.42. The number of amides is 2. The van der Waals surface area contributed by atoms with Gasteiger partial charge in [-0.3, -0.25) is 9.59 Å². The zero-order chi connectivity index (χ0) is 18.5. The van der Waals surface area contributed by atoms with E-state index in [2.05, 4.69) is 11.4 Å². The molecule has 1 N–H and O–H groups in total. The smallest absolute Gasteiger partial charge is 0.259 e. The van der Waals surface area contributed by atoms with E-state index in [1.807, 2.05) is 18.2 Å². The average Bonchev–Trinajstić information content (AvgIpc) is 2.70. The van der Waals surface area contributed by atoms with Crippen LogP contribution in [-0.4, -0.2) is 44.0 Å². The van der Waals surface area contributed by atoms with Crippen LogP contribution in [0.1, 0.15) is 21.5 Å². The van der Waals surface area contributed by atoms with E-state index in [1.165, 1.54) is 19.8 Å². The molecular formula is C20H22N2O4. The molecule has 2 aromatic carbocycles. The summed E-state index contributed by atoms with van der Waals surface area (Å²) < 4.78 is 10.5. The van der Waals surface area contributed by atoms with E-state index in [-0.39, 0.29) is 18.0 Å². The van der Waals surface area contributed by atoms with Crippen molar-refractivity contribution in [3.8, 4) is 11.5 Å². The van der Waals surface area contributed by atoms with E-state index in [0.29, 0.717) is 24.6 Å². The van der Waals surface area contributed by atoms with Gasteiger partial charge in [-0.1, -0.05) is 30.3 Å². The van der Waals surface area contributed by atoms with E-state index in [4.69, 9.17) is 9.47 Å². The van der Waals surface area contributed by atoms with Gasteiger partial charge in [-0.05, 0) is 29.7 Å². The number of rotatable bonds is 5. The highest BCUT2D eigenvalue weighted by Crippen LogP contribution is 2.28. The summed E-state index contributed by atoms with van der Waals surface area (Å²) in [6.07, 6.45) is 0.830. The predicted octanol–water partition coefficient (Wildman–Crippen LogP) is 2.02. The van der Waals surface area contributed by atoms with Crippen molar-refractivity contribution in [1.29, 1.82) is 0 Å². The normalized spacial score (nSPS) is 12.9. The summed E-state index contributed by atoms with van der Waals surface area (Å²) in [5, 5.41) is 2.68. The molecule has 6 heteroatoms. The first-order chi connectivity index (χ1) is 12.6. The molecule has 6 nitrogen and oxygen atoms in total. The molecule has 2 aromatic rings. The van der Waals surface area contributed by atoms with Crippen LogP contribution in [0.2, 0.25) is 0 Å². The molecule has 136 valence electrons. The number of ether oxygens (including phenoxy) is 2. The van der Waals surface area contributed by atoms with Crippen molar-refractivity contribution in [2.24, 2.45) is 0 Å². The van der Waals surface area contributed by atoms with Crippen LogP contribution in [0.5, 0.6) is 11.5 Å². The topological polar surface area (TPSA) is 67.9 Å². The Labute approximate surface area is 152 Å². The molecule has 2 amide bonds. The number of nitrogens with one attached hydrogen (secondary N) is 1. The third-order valence-electron chi connectivity index (χ3n) is 4.54. The van der Waals surface area contributed by atoms with Gasteiger partial charge >= 0.3 is 0 Å². The first kappa shape index (κ1) is 17.8. The zero-order valence-corrected chi connectivity index (χ0v) is 15.0. The number of hydrogen-bond acceptors (Lipinski definition) is 4. The highest BCUT2D eigenvalue weighted by Gasteiger charge is 2.22. The lowest BCUT2D eigenvalue weighted by molar-refractivity contribution is -0.131. The lowest BCUT2D eigenvalue weighted by atomic mass is 10.00. The Balaban J connectivity index is 1.65. The van der Waals surface area contributed by atoms with Gasteiger partial charge in [0.1, 0.15) is 17.1 Å². The van der Waals surface area contributed by atoms with Gasteiger partial charge in [0.05, 0.1) is 20.8 Å². The number of methoxy groups -OCH3 is 2. The van der Waals surface area contributed by atoms with Crippen LogP contribution in [0.25, 0.3) is 0 Å². The maximum absolute atomic E-state index is 12.5. The molecule has 0 fully saturated rings. The van der Waals surface area contributed by atoms with Crippen LogP contribution in [0.4, 0.5) is 0 Å². The molecule has 0 spiro atoms. The van der Waals surface area contributed by atoms with Gasteiger partial charge in [0, 0.05) is 13.1 Å². The van der Waals surface area contributed by atoms with Crippen molar-refractivity contribution in [2.75, 3.05) is 27.3 Å². The van der Waals surface area contributed by atoms with E-state index >= 15 is 0 Å². The second kappa shape index (κ2) is 7.91. The number of benzene rings is 2. The minimum absolute atomic E-state index is 0.0673. The summed E-state index contributed by atoms with van der Waals surface area (Å²) in [5.74, 6) is 0.300. The van der Waals surface area contributed by atoms with Crippen LogP contribution < -0.4 is 14.8 Å². The molecule has 1 aliphatic rings. The van der Waals surface area contributed by atoms with Crippen molar-refractivity contribution >= 4 is 11.8 Å². The van der Waals surface area contributed by atoms with Crippen molar-refractivity contribution in [2.45, 2.75) is 13.0 Å². The first-order valence-corrected chi connectivity index (χ1v) is 8.47. The highest BCUT2D eigenvalue weighted by molar-refractivity contribution is 6.01. The second-order valence-electron chi connectivity index (χ2n) is 6.05. The predicted molar refractivity (Wildman–Crippen MR) is 97.4 cm³/mol. The van der Waals surface area contributed by atoms with E-state index < -0.39 is 5.91 Å². The van der Waals surface area contributed by atoms with Crippen molar-refractivity contribution in [1.82, 2.24) is 10.2 Å². The summed E-state index contributed by atoms with van der Waals surface area (Å²) in [4.78, 5) is 26.8. The fourth-order valence-corrected chi connectivity index (χ4v) is 3.14. The Bertz CT molecular complexity index is 797. The van der Waals surface area contributed by atoms with E-state index in [0.717, 1.165) is 12.0 Å². The first-order valence-electron chi connectivity index (χ1n) is 8.47. The molecule has 0 aliphatic carbocycles. The fourth-order valence-electron chi connectivity index (χ4n) is 3.14. The molecule has 0 unspecified atom stereocenters. The van der Waals surface area contributed by atoms with Crippen LogP contribution in [0.3, 0.4) is 0 Å². The zero-order valence-electron chi connectivity index (χ0n) is 15.0. The molecule has 26 heavy (non-hydrogen) atoms. The second-order valence-corrected chi connectivity index (χ2v) is 6.05. The Morgan fingerprint density at radius 1 is 1.00 bits per heavy atom. The number of carbonyl (C=O) groups is 2. The summed E-state index contributed by atoms with van der Waals surface area (Å²) in [5.41, 5.74) is 2.72. The summed E-state index contributed by atoms with van der Waals surface area (Å²) in [7, 11) is 2.98. The van der Waals surface area contributed by atoms with Gasteiger partial charge in [-0.15, -0.1) is 0 Å². The van der Waals surface area contributed by atoms with Crippen molar-refractivity contribution in [3.05, 3.63) is 59.2 Å². The molecule has 3 rings (SSSR count). The third kappa shape index (κ3) is 3.64. The molecule has 0 radical (unpaired) electrons. The lowest BCUT2D eigenvalue weighted by Gasteiger charge is -2.29. The van der Waals surface area contributed by atoms with Crippen LogP contribution in [0, 0.1) is 0 Å². The molecule has 0 saturated carbocycles. The largest absolute Gasteiger partial charge is 0.496 e. The quantitative estimate of drug-likeness (QED) is 0.892. The molecule has 0 saturated heterocycles. The van der Waals surface area contributed by atoms with Gasteiger partial charge < -0.3 is 19.7 Å². The summed E-state index contributed by atoms with van der Waals surface area (Å²) >= 11 is 0. The number of hydrogen-bond donors (Lipinski definition) is 1. The van der Waals surface area contributed by atoms with Gasteiger partial charge in [-0.2, -0.15) is 0 Å². The van der Waals surface area contributed by atoms with E-state index in [1.54, 1.807) is 23.1 Å².